The summed E-state index contributed by atoms with van der Waals surface area (Å²) < 4.78 is 5.30. The van der Waals surface area contributed by atoms with Gasteiger partial charge >= 0.3 is 5.82 Å². The number of hydrogen-bond donors (Lipinski definition) is 1. The van der Waals surface area contributed by atoms with Crippen LogP contribution in [0.5, 0.6) is 0 Å². The summed E-state index contributed by atoms with van der Waals surface area (Å²) in [6, 6.07) is 3.48. The molecule has 6 heteroatoms. The summed E-state index contributed by atoms with van der Waals surface area (Å²) in [5.74, 6) is -0.131. The lowest BCUT2D eigenvalue weighted by Gasteiger charge is -2.23. The number of nitro groups is 1. The van der Waals surface area contributed by atoms with E-state index in [0.29, 0.717) is 12.3 Å². The van der Waals surface area contributed by atoms with Crippen LogP contribution in [0.3, 0.4) is 0 Å². The second-order valence-corrected chi connectivity index (χ2v) is 3.69. The molecule has 1 aliphatic heterocycles. The normalized spacial score (nSPS) is 20.4. The molecule has 1 fully saturated rings. The fraction of sp³-hybridized carbons (Fsp3) is 0.500. The van der Waals surface area contributed by atoms with Gasteiger partial charge in [-0.3, -0.25) is 0 Å². The van der Waals surface area contributed by atoms with Crippen LogP contribution in [-0.2, 0) is 4.74 Å². The Bertz CT molecular complexity index is 377. The number of ether oxygens (including phenoxy) is 1. The number of rotatable bonds is 3. The molecular formula is C10H13N3O3. The Morgan fingerprint density at radius 3 is 3.19 bits per heavy atom. The van der Waals surface area contributed by atoms with Gasteiger partial charge in [0, 0.05) is 12.6 Å². The largest absolute Gasteiger partial charge is 0.386 e. The van der Waals surface area contributed by atoms with E-state index in [2.05, 4.69) is 10.3 Å². The van der Waals surface area contributed by atoms with Gasteiger partial charge in [-0.1, -0.05) is 0 Å². The van der Waals surface area contributed by atoms with Crippen LogP contribution in [0.1, 0.15) is 12.8 Å². The van der Waals surface area contributed by atoms with Crippen molar-refractivity contribution < 1.29 is 9.66 Å². The molecule has 86 valence electrons. The van der Waals surface area contributed by atoms with Crippen LogP contribution in [0.25, 0.3) is 0 Å². The second-order valence-electron chi connectivity index (χ2n) is 3.69. The lowest BCUT2D eigenvalue weighted by atomic mass is 10.1. The van der Waals surface area contributed by atoms with Crippen molar-refractivity contribution in [3.8, 4) is 0 Å². The van der Waals surface area contributed by atoms with Gasteiger partial charge in [0.1, 0.15) is 11.9 Å². The zero-order chi connectivity index (χ0) is 11.4. The van der Waals surface area contributed by atoms with Crippen LogP contribution >= 0.6 is 0 Å². The Morgan fingerprint density at radius 2 is 2.50 bits per heavy atom. The van der Waals surface area contributed by atoms with Crippen molar-refractivity contribution in [2.24, 2.45) is 0 Å². The van der Waals surface area contributed by atoms with Crippen molar-refractivity contribution in [1.29, 1.82) is 0 Å². The molecule has 6 nitrogen and oxygen atoms in total. The first-order valence-corrected chi connectivity index (χ1v) is 5.21. The molecule has 1 aromatic heterocycles. The number of pyridine rings is 1. The first-order chi connectivity index (χ1) is 7.77. The van der Waals surface area contributed by atoms with Gasteiger partial charge in [-0.25, -0.2) is 0 Å². The average molecular weight is 223 g/mol. The molecule has 0 saturated carbocycles. The van der Waals surface area contributed by atoms with Crippen molar-refractivity contribution >= 4 is 11.5 Å². The summed E-state index contributed by atoms with van der Waals surface area (Å²) in [6.45, 7) is 1.36. The molecule has 1 saturated heterocycles. The molecule has 1 atom stereocenters. The maximum atomic E-state index is 10.7. The summed E-state index contributed by atoms with van der Waals surface area (Å²) in [5, 5.41) is 13.8. The van der Waals surface area contributed by atoms with E-state index in [-0.39, 0.29) is 11.9 Å². The predicted molar refractivity (Wildman–Crippen MR) is 58.4 cm³/mol. The Morgan fingerprint density at radius 1 is 1.62 bits per heavy atom. The summed E-state index contributed by atoms with van der Waals surface area (Å²) in [4.78, 5) is 14.0. The molecular weight excluding hydrogens is 210 g/mol. The van der Waals surface area contributed by atoms with Crippen molar-refractivity contribution in [2.75, 3.05) is 18.5 Å². The molecule has 16 heavy (non-hydrogen) atoms. The second kappa shape index (κ2) is 4.89. The highest BCUT2D eigenvalue weighted by molar-refractivity contribution is 5.57. The van der Waals surface area contributed by atoms with Gasteiger partial charge in [0.2, 0.25) is 0 Å². The van der Waals surface area contributed by atoms with E-state index in [0.717, 1.165) is 19.4 Å². The molecule has 0 bridgehead atoms. The quantitative estimate of drug-likeness (QED) is 0.621. The molecule has 2 rings (SSSR count). The lowest BCUT2D eigenvalue weighted by molar-refractivity contribution is -0.388. The Labute approximate surface area is 92.8 Å². The number of aromatic nitrogens is 1. The first-order valence-electron chi connectivity index (χ1n) is 5.21. The van der Waals surface area contributed by atoms with Crippen molar-refractivity contribution in [1.82, 2.24) is 4.98 Å². The van der Waals surface area contributed by atoms with E-state index in [1.807, 2.05) is 0 Å². The number of nitrogens with one attached hydrogen (secondary N) is 1. The van der Waals surface area contributed by atoms with E-state index in [1.54, 1.807) is 12.1 Å². The Balaban J connectivity index is 2.10. The van der Waals surface area contributed by atoms with Crippen LogP contribution in [0.2, 0.25) is 0 Å². The number of nitrogens with zero attached hydrogens (tertiary/aromatic N) is 2. The molecule has 0 radical (unpaired) electrons. The number of hydrogen-bond acceptors (Lipinski definition) is 5. The van der Waals surface area contributed by atoms with E-state index in [4.69, 9.17) is 4.74 Å². The van der Waals surface area contributed by atoms with Gasteiger partial charge < -0.3 is 20.2 Å². The Hall–Kier alpha value is -1.69. The monoisotopic (exact) mass is 223 g/mol. The van der Waals surface area contributed by atoms with Gasteiger partial charge in [0.25, 0.3) is 0 Å². The highest BCUT2D eigenvalue weighted by Gasteiger charge is 2.19. The molecule has 2 heterocycles. The molecule has 1 N–H and O–H groups in total. The van der Waals surface area contributed by atoms with Crippen LogP contribution in [-0.4, -0.2) is 29.2 Å². The predicted octanol–water partition coefficient (Wildman–Crippen LogP) is 1.58. The third kappa shape index (κ3) is 2.46. The fourth-order valence-electron chi connectivity index (χ4n) is 1.73. The third-order valence-corrected chi connectivity index (χ3v) is 2.48. The van der Waals surface area contributed by atoms with Gasteiger partial charge in [-0.05, 0) is 34.9 Å². The molecule has 0 aliphatic carbocycles. The van der Waals surface area contributed by atoms with Crippen LogP contribution in [0.15, 0.2) is 18.3 Å². The topological polar surface area (TPSA) is 77.3 Å². The maximum absolute atomic E-state index is 10.7. The summed E-state index contributed by atoms with van der Waals surface area (Å²) >= 11 is 0. The maximum Gasteiger partial charge on any atom is 0.386 e. The smallest absolute Gasteiger partial charge is 0.379 e. The van der Waals surface area contributed by atoms with E-state index >= 15 is 0 Å². The minimum absolute atomic E-state index is 0.131. The van der Waals surface area contributed by atoms with E-state index in [9.17, 15) is 10.1 Å². The van der Waals surface area contributed by atoms with Gasteiger partial charge in [-0.15, -0.1) is 0 Å². The van der Waals surface area contributed by atoms with Crippen molar-refractivity contribution in [3.05, 3.63) is 28.4 Å². The molecule has 0 amide bonds. The first kappa shape index (κ1) is 10.8. The highest BCUT2D eigenvalue weighted by Crippen LogP contribution is 2.22. The van der Waals surface area contributed by atoms with Gasteiger partial charge in [-0.2, -0.15) is 0 Å². The molecule has 1 aliphatic rings. The van der Waals surface area contributed by atoms with E-state index < -0.39 is 4.92 Å². The molecule has 1 unspecified atom stereocenters. The molecule has 0 aromatic carbocycles. The van der Waals surface area contributed by atoms with Crippen LogP contribution in [0, 0.1) is 10.1 Å². The zero-order valence-corrected chi connectivity index (χ0v) is 8.76. The lowest BCUT2D eigenvalue weighted by Crippen LogP contribution is -2.30. The minimum Gasteiger partial charge on any atom is -0.379 e. The van der Waals surface area contributed by atoms with Crippen LogP contribution in [0.4, 0.5) is 11.5 Å². The third-order valence-electron chi connectivity index (χ3n) is 2.48. The summed E-state index contributed by atoms with van der Waals surface area (Å²) in [6.07, 6.45) is 3.36. The van der Waals surface area contributed by atoms with Crippen molar-refractivity contribution in [2.45, 2.75) is 18.9 Å². The highest BCUT2D eigenvalue weighted by atomic mass is 16.6. The van der Waals surface area contributed by atoms with Crippen molar-refractivity contribution in [3.63, 3.8) is 0 Å². The Kier molecular flexibility index (Phi) is 3.31. The van der Waals surface area contributed by atoms with Crippen LogP contribution < -0.4 is 5.32 Å². The van der Waals surface area contributed by atoms with Gasteiger partial charge in [0.15, 0.2) is 0 Å². The molecule has 1 aromatic rings. The van der Waals surface area contributed by atoms with E-state index in [1.165, 1.54) is 6.20 Å². The SMILES string of the molecule is O=[N+]([O-])c1ncccc1NC1CCCOC1. The fourth-order valence-corrected chi connectivity index (χ4v) is 1.73. The molecule has 0 spiro atoms. The number of anilines is 1. The van der Waals surface area contributed by atoms with Gasteiger partial charge in [0.05, 0.1) is 6.61 Å². The summed E-state index contributed by atoms with van der Waals surface area (Å²) in [5.41, 5.74) is 0.461. The summed E-state index contributed by atoms with van der Waals surface area (Å²) in [7, 11) is 0. The minimum atomic E-state index is -0.480. The standard InChI is InChI=1S/C10H13N3O3/c14-13(15)10-9(4-1-5-11-10)12-8-3-2-6-16-7-8/h1,4-5,8,12H,2-3,6-7H2. The zero-order valence-electron chi connectivity index (χ0n) is 8.76. The average Bonchev–Trinajstić information content (AvgIpc) is 2.31.